The third-order valence-electron chi connectivity index (χ3n) is 4.26. The highest BCUT2D eigenvalue weighted by molar-refractivity contribution is 7.93. The summed E-state index contributed by atoms with van der Waals surface area (Å²) in [5.74, 6) is 0.0226. The van der Waals surface area contributed by atoms with Crippen LogP contribution in [0.25, 0.3) is 0 Å². The van der Waals surface area contributed by atoms with E-state index < -0.39 is 15.1 Å². The topological polar surface area (TPSA) is 63.2 Å². The van der Waals surface area contributed by atoms with Crippen molar-refractivity contribution >= 4 is 27.1 Å². The van der Waals surface area contributed by atoms with Crippen molar-refractivity contribution in [1.29, 1.82) is 0 Å². The van der Waals surface area contributed by atoms with Crippen molar-refractivity contribution < 1.29 is 13.2 Å². The molecule has 0 aliphatic heterocycles. The van der Waals surface area contributed by atoms with Gasteiger partial charge < -0.3 is 5.32 Å². The van der Waals surface area contributed by atoms with E-state index in [1.807, 2.05) is 18.2 Å². The van der Waals surface area contributed by atoms with Crippen LogP contribution in [0.4, 0.5) is 0 Å². The highest BCUT2D eigenvalue weighted by atomic mass is 32.2. The molecule has 1 heterocycles. The number of carbonyl (C=O) groups is 1. The Morgan fingerprint density at radius 1 is 1.17 bits per heavy atom. The zero-order valence-corrected chi connectivity index (χ0v) is 14.3. The molecule has 23 heavy (non-hydrogen) atoms. The van der Waals surface area contributed by atoms with Crippen LogP contribution in [-0.4, -0.2) is 20.9 Å². The average molecular weight is 349 g/mol. The van der Waals surface area contributed by atoms with Crippen LogP contribution < -0.4 is 5.32 Å². The summed E-state index contributed by atoms with van der Waals surface area (Å²) in [7, 11) is -3.52. The van der Waals surface area contributed by atoms with Gasteiger partial charge in [0.05, 0.1) is 0 Å². The van der Waals surface area contributed by atoms with Crippen molar-refractivity contribution in [1.82, 2.24) is 5.32 Å². The summed E-state index contributed by atoms with van der Waals surface area (Å²) >= 11 is 1.21. The van der Waals surface area contributed by atoms with Crippen LogP contribution in [-0.2, 0) is 14.6 Å². The minimum absolute atomic E-state index is 0.0291. The molecule has 1 aliphatic rings. The van der Waals surface area contributed by atoms with E-state index in [0.717, 1.165) is 19.3 Å². The molecule has 1 saturated carbocycles. The Morgan fingerprint density at radius 2 is 1.91 bits per heavy atom. The fraction of sp³-hybridized carbons (Fsp3) is 0.353. The van der Waals surface area contributed by atoms with Gasteiger partial charge in [-0.15, -0.1) is 11.3 Å². The number of hydrogen-bond acceptors (Lipinski definition) is 4. The zero-order valence-electron chi connectivity index (χ0n) is 12.6. The second kappa shape index (κ2) is 6.84. The highest BCUT2D eigenvalue weighted by Gasteiger charge is 2.32. The molecule has 0 spiro atoms. The van der Waals surface area contributed by atoms with Crippen molar-refractivity contribution in [2.75, 3.05) is 6.54 Å². The molecule has 0 radical (unpaired) electrons. The Balaban J connectivity index is 1.84. The molecular weight excluding hydrogens is 330 g/mol. The van der Waals surface area contributed by atoms with E-state index >= 15 is 0 Å². The maximum Gasteiger partial charge on any atom is 0.223 e. The summed E-state index contributed by atoms with van der Waals surface area (Å²) in [5, 5.41) is 3.83. The molecule has 1 unspecified atom stereocenters. The largest absolute Gasteiger partial charge is 0.354 e. The molecule has 1 amide bonds. The first-order chi connectivity index (χ1) is 11.1. The summed E-state index contributed by atoms with van der Waals surface area (Å²) in [6.45, 7) is 0.111. The molecule has 1 aromatic carbocycles. The number of sulfone groups is 1. The van der Waals surface area contributed by atoms with Gasteiger partial charge >= 0.3 is 0 Å². The number of nitrogens with one attached hydrogen (secondary N) is 1. The first kappa shape index (κ1) is 16.2. The van der Waals surface area contributed by atoms with Crippen LogP contribution in [0, 0.1) is 5.92 Å². The summed E-state index contributed by atoms with van der Waals surface area (Å²) < 4.78 is 26.2. The third-order valence-corrected chi connectivity index (χ3v) is 7.79. The standard InChI is InChI=1S/C17H19NO3S2/c19-17(14-8-4-9-14)18-12-15(13-6-2-1-3-7-13)23(20,21)16-10-5-11-22-16/h1-3,5-7,10-11,14-15H,4,8-9,12H2,(H,18,19). The lowest BCUT2D eigenvalue weighted by atomic mass is 9.85. The molecule has 1 aliphatic carbocycles. The van der Waals surface area contributed by atoms with Crippen LogP contribution in [0.15, 0.2) is 52.1 Å². The maximum absolute atomic E-state index is 12.9. The van der Waals surface area contributed by atoms with E-state index in [9.17, 15) is 13.2 Å². The molecule has 1 atom stereocenters. The number of amides is 1. The van der Waals surface area contributed by atoms with Crippen molar-refractivity contribution in [3.05, 3.63) is 53.4 Å². The van der Waals surface area contributed by atoms with Crippen molar-refractivity contribution in [2.45, 2.75) is 28.7 Å². The molecule has 6 heteroatoms. The number of thiophene rings is 1. The molecule has 0 saturated heterocycles. The van der Waals surface area contributed by atoms with Crippen LogP contribution in [0.3, 0.4) is 0 Å². The Bertz CT molecular complexity index is 750. The molecule has 1 N–H and O–H groups in total. The number of carbonyl (C=O) groups excluding carboxylic acids is 1. The van der Waals surface area contributed by atoms with Gasteiger partial charge in [-0.25, -0.2) is 8.42 Å². The molecule has 0 bridgehead atoms. The van der Waals surface area contributed by atoms with Gasteiger partial charge in [0.2, 0.25) is 5.91 Å². The molecule has 4 nitrogen and oxygen atoms in total. The van der Waals surface area contributed by atoms with E-state index in [1.54, 1.807) is 29.6 Å². The number of benzene rings is 1. The molecule has 1 fully saturated rings. The second-order valence-corrected chi connectivity index (χ2v) is 9.05. The predicted molar refractivity (Wildman–Crippen MR) is 91.0 cm³/mol. The minimum Gasteiger partial charge on any atom is -0.354 e. The van der Waals surface area contributed by atoms with Gasteiger partial charge in [0.25, 0.3) is 0 Å². The average Bonchev–Trinajstić information content (AvgIpc) is 3.01. The quantitative estimate of drug-likeness (QED) is 0.871. The molecule has 2 aromatic rings. The number of hydrogen-bond donors (Lipinski definition) is 1. The molecule has 122 valence electrons. The SMILES string of the molecule is O=C(NCC(c1ccccc1)S(=O)(=O)c1cccs1)C1CCC1. The Kier molecular flexibility index (Phi) is 4.82. The van der Waals surface area contributed by atoms with E-state index in [1.165, 1.54) is 11.3 Å². The highest BCUT2D eigenvalue weighted by Crippen LogP contribution is 2.32. The van der Waals surface area contributed by atoms with Crippen LogP contribution in [0.1, 0.15) is 30.1 Å². The Morgan fingerprint density at radius 3 is 2.48 bits per heavy atom. The monoisotopic (exact) mass is 349 g/mol. The van der Waals surface area contributed by atoms with Gasteiger partial charge in [-0.3, -0.25) is 4.79 Å². The van der Waals surface area contributed by atoms with Crippen molar-refractivity contribution in [3.63, 3.8) is 0 Å². The van der Waals surface area contributed by atoms with E-state index in [-0.39, 0.29) is 18.4 Å². The van der Waals surface area contributed by atoms with Gasteiger partial charge in [-0.05, 0) is 29.9 Å². The number of rotatable bonds is 6. The summed E-state index contributed by atoms with van der Waals surface area (Å²) in [5.41, 5.74) is 0.704. The summed E-state index contributed by atoms with van der Waals surface area (Å²) in [6.07, 6.45) is 2.88. The Hall–Kier alpha value is -1.66. The van der Waals surface area contributed by atoms with Crippen LogP contribution >= 0.6 is 11.3 Å². The van der Waals surface area contributed by atoms with Gasteiger partial charge in [-0.2, -0.15) is 0 Å². The predicted octanol–water partition coefficient (Wildman–Crippen LogP) is 3.18. The molecule has 1 aromatic heterocycles. The minimum atomic E-state index is -3.52. The lowest BCUT2D eigenvalue weighted by Gasteiger charge is -2.25. The van der Waals surface area contributed by atoms with E-state index in [4.69, 9.17) is 0 Å². The van der Waals surface area contributed by atoms with Crippen molar-refractivity contribution in [2.24, 2.45) is 5.92 Å². The lowest BCUT2D eigenvalue weighted by molar-refractivity contribution is -0.127. The fourth-order valence-electron chi connectivity index (χ4n) is 2.65. The van der Waals surface area contributed by atoms with Gasteiger partial charge in [0, 0.05) is 12.5 Å². The Labute approximate surface area is 140 Å². The first-order valence-corrected chi connectivity index (χ1v) is 10.1. The van der Waals surface area contributed by atoms with Gasteiger partial charge in [0.1, 0.15) is 9.46 Å². The summed E-state index contributed by atoms with van der Waals surface area (Å²) in [4.78, 5) is 12.1. The smallest absolute Gasteiger partial charge is 0.223 e. The summed E-state index contributed by atoms with van der Waals surface area (Å²) in [6, 6.07) is 12.4. The molecular formula is C17H19NO3S2. The second-order valence-electron chi connectivity index (χ2n) is 5.75. The first-order valence-electron chi connectivity index (χ1n) is 7.69. The third kappa shape index (κ3) is 3.48. The fourth-order valence-corrected chi connectivity index (χ4v) is 5.51. The van der Waals surface area contributed by atoms with E-state index in [0.29, 0.717) is 9.77 Å². The molecule has 3 rings (SSSR count). The normalized spacial score (nSPS) is 16.5. The van der Waals surface area contributed by atoms with Gasteiger partial charge in [0.15, 0.2) is 9.84 Å². The van der Waals surface area contributed by atoms with Crippen LogP contribution in [0.5, 0.6) is 0 Å². The van der Waals surface area contributed by atoms with Crippen LogP contribution in [0.2, 0.25) is 0 Å². The van der Waals surface area contributed by atoms with Gasteiger partial charge in [-0.1, -0.05) is 42.8 Å². The zero-order chi connectivity index (χ0) is 16.3. The maximum atomic E-state index is 12.9. The van der Waals surface area contributed by atoms with Crippen molar-refractivity contribution in [3.8, 4) is 0 Å². The lowest BCUT2D eigenvalue weighted by Crippen LogP contribution is -2.38. The van der Waals surface area contributed by atoms with E-state index in [2.05, 4.69) is 5.32 Å².